The highest BCUT2D eigenvalue weighted by Gasteiger charge is 2.41. The van der Waals surface area contributed by atoms with E-state index in [-0.39, 0.29) is 12.0 Å². The van der Waals surface area contributed by atoms with Crippen molar-refractivity contribution < 1.29 is 9.90 Å². The Kier molecular flexibility index (Phi) is 4.62. The molecule has 2 saturated heterocycles. The molecule has 0 unspecified atom stereocenters. The number of nitrogens with one attached hydrogen (secondary N) is 1. The minimum atomic E-state index is -0.114. The van der Waals surface area contributed by atoms with Gasteiger partial charge in [0.2, 0.25) is 5.91 Å². The lowest BCUT2D eigenvalue weighted by molar-refractivity contribution is -0.145. The van der Waals surface area contributed by atoms with E-state index in [1.165, 1.54) is 0 Å². The van der Waals surface area contributed by atoms with Crippen LogP contribution in [0.1, 0.15) is 39.0 Å². The molecular formula is C14H26N2O2. The Labute approximate surface area is 110 Å². The first-order valence-electron chi connectivity index (χ1n) is 7.33. The van der Waals surface area contributed by atoms with E-state index in [1.54, 1.807) is 0 Å². The zero-order chi connectivity index (χ0) is 13.0. The summed E-state index contributed by atoms with van der Waals surface area (Å²) >= 11 is 0. The SMILES string of the molecule is CCC1(C(=O)N2CCC(CO)CC2)CCNCC1. The van der Waals surface area contributed by atoms with Gasteiger partial charge in [-0.15, -0.1) is 0 Å². The lowest BCUT2D eigenvalue weighted by Crippen LogP contribution is -2.51. The third-order valence-electron chi connectivity index (χ3n) is 4.85. The van der Waals surface area contributed by atoms with Gasteiger partial charge in [-0.2, -0.15) is 0 Å². The van der Waals surface area contributed by atoms with Crippen LogP contribution in [0.3, 0.4) is 0 Å². The van der Waals surface area contributed by atoms with Gasteiger partial charge in [-0.3, -0.25) is 4.79 Å². The van der Waals surface area contributed by atoms with Crippen molar-refractivity contribution in [3.05, 3.63) is 0 Å². The minimum Gasteiger partial charge on any atom is -0.396 e. The van der Waals surface area contributed by atoms with Crippen molar-refractivity contribution in [3.63, 3.8) is 0 Å². The fraction of sp³-hybridized carbons (Fsp3) is 0.929. The molecule has 0 bridgehead atoms. The van der Waals surface area contributed by atoms with Crippen LogP contribution in [0, 0.1) is 11.3 Å². The maximum absolute atomic E-state index is 12.7. The average molecular weight is 254 g/mol. The monoisotopic (exact) mass is 254 g/mol. The summed E-state index contributed by atoms with van der Waals surface area (Å²) in [5, 5.41) is 12.5. The highest BCUT2D eigenvalue weighted by molar-refractivity contribution is 5.83. The topological polar surface area (TPSA) is 52.6 Å². The predicted molar refractivity (Wildman–Crippen MR) is 71.2 cm³/mol. The number of amides is 1. The Morgan fingerprint density at radius 3 is 2.44 bits per heavy atom. The molecule has 4 heteroatoms. The van der Waals surface area contributed by atoms with Gasteiger partial charge < -0.3 is 15.3 Å². The number of carbonyl (C=O) groups is 1. The molecule has 0 radical (unpaired) electrons. The first-order valence-corrected chi connectivity index (χ1v) is 7.33. The van der Waals surface area contributed by atoms with Crippen LogP contribution in [-0.2, 0) is 4.79 Å². The number of aliphatic hydroxyl groups is 1. The van der Waals surface area contributed by atoms with E-state index in [1.807, 2.05) is 4.90 Å². The molecule has 4 nitrogen and oxygen atoms in total. The molecule has 1 amide bonds. The van der Waals surface area contributed by atoms with Gasteiger partial charge in [-0.25, -0.2) is 0 Å². The predicted octanol–water partition coefficient (Wildman–Crippen LogP) is 0.997. The Hall–Kier alpha value is -0.610. The Morgan fingerprint density at radius 1 is 1.33 bits per heavy atom. The van der Waals surface area contributed by atoms with Crippen LogP contribution in [0.2, 0.25) is 0 Å². The fourth-order valence-corrected chi connectivity index (χ4v) is 3.28. The van der Waals surface area contributed by atoms with Crippen LogP contribution in [-0.4, -0.2) is 48.7 Å². The molecule has 0 spiro atoms. The van der Waals surface area contributed by atoms with Gasteiger partial charge in [0, 0.05) is 19.7 Å². The molecular weight excluding hydrogens is 228 g/mol. The second-order valence-electron chi connectivity index (χ2n) is 5.80. The van der Waals surface area contributed by atoms with Gasteiger partial charge in [0.25, 0.3) is 0 Å². The van der Waals surface area contributed by atoms with Crippen molar-refractivity contribution in [3.8, 4) is 0 Å². The minimum absolute atomic E-state index is 0.114. The maximum Gasteiger partial charge on any atom is 0.228 e. The smallest absolute Gasteiger partial charge is 0.228 e. The fourth-order valence-electron chi connectivity index (χ4n) is 3.28. The zero-order valence-electron chi connectivity index (χ0n) is 11.5. The molecule has 2 heterocycles. The van der Waals surface area contributed by atoms with Crippen LogP contribution in [0.4, 0.5) is 0 Å². The molecule has 2 fully saturated rings. The van der Waals surface area contributed by atoms with E-state index in [4.69, 9.17) is 5.11 Å². The Balaban J connectivity index is 1.97. The van der Waals surface area contributed by atoms with Crippen LogP contribution in [0.5, 0.6) is 0 Å². The third kappa shape index (κ3) is 2.69. The van der Waals surface area contributed by atoms with Gasteiger partial charge in [0.15, 0.2) is 0 Å². The number of hydrogen-bond acceptors (Lipinski definition) is 3. The highest BCUT2D eigenvalue weighted by Crippen LogP contribution is 2.35. The summed E-state index contributed by atoms with van der Waals surface area (Å²) in [6.07, 6.45) is 4.82. The molecule has 18 heavy (non-hydrogen) atoms. The molecule has 104 valence electrons. The molecule has 2 N–H and O–H groups in total. The number of nitrogens with zero attached hydrogens (tertiary/aromatic N) is 1. The van der Waals surface area contributed by atoms with E-state index in [2.05, 4.69) is 12.2 Å². The Bertz CT molecular complexity index is 280. The van der Waals surface area contributed by atoms with Crippen LogP contribution in [0.25, 0.3) is 0 Å². The lowest BCUT2D eigenvalue weighted by atomic mass is 9.75. The van der Waals surface area contributed by atoms with Crippen LogP contribution < -0.4 is 5.32 Å². The van der Waals surface area contributed by atoms with Gasteiger partial charge in [0.1, 0.15) is 0 Å². The molecule has 0 aromatic carbocycles. The van der Waals surface area contributed by atoms with Gasteiger partial charge in [-0.1, -0.05) is 6.92 Å². The molecule has 0 aromatic heterocycles. The van der Waals surface area contributed by atoms with Crippen molar-refractivity contribution in [1.29, 1.82) is 0 Å². The van der Waals surface area contributed by atoms with E-state index in [0.717, 1.165) is 58.3 Å². The average Bonchev–Trinajstić information content (AvgIpc) is 2.47. The molecule has 0 aliphatic carbocycles. The van der Waals surface area contributed by atoms with Gasteiger partial charge in [-0.05, 0) is 51.1 Å². The first kappa shape index (κ1) is 13.8. The van der Waals surface area contributed by atoms with Crippen molar-refractivity contribution in [2.45, 2.75) is 39.0 Å². The van der Waals surface area contributed by atoms with Gasteiger partial charge in [0.05, 0.1) is 5.41 Å². The van der Waals surface area contributed by atoms with Crippen molar-refractivity contribution in [2.24, 2.45) is 11.3 Å². The lowest BCUT2D eigenvalue weighted by Gasteiger charge is -2.41. The standard InChI is InChI=1S/C14H26N2O2/c1-2-14(5-7-15-8-6-14)13(18)16-9-3-12(11-17)4-10-16/h12,15,17H,2-11H2,1H3. The summed E-state index contributed by atoms with van der Waals surface area (Å²) in [6.45, 7) is 6.01. The molecule has 2 aliphatic heterocycles. The van der Waals surface area contributed by atoms with Crippen molar-refractivity contribution in [2.75, 3.05) is 32.8 Å². The molecule has 0 atom stereocenters. The van der Waals surface area contributed by atoms with Gasteiger partial charge >= 0.3 is 0 Å². The summed E-state index contributed by atoms with van der Waals surface area (Å²) in [4.78, 5) is 14.8. The van der Waals surface area contributed by atoms with Crippen molar-refractivity contribution >= 4 is 5.91 Å². The van der Waals surface area contributed by atoms with Crippen molar-refractivity contribution in [1.82, 2.24) is 10.2 Å². The summed E-state index contributed by atoms with van der Waals surface area (Å²) < 4.78 is 0. The van der Waals surface area contributed by atoms with Crippen LogP contribution >= 0.6 is 0 Å². The summed E-state index contributed by atoms with van der Waals surface area (Å²) in [5.74, 6) is 0.766. The summed E-state index contributed by atoms with van der Waals surface area (Å²) in [5.41, 5.74) is -0.114. The molecule has 0 aromatic rings. The van der Waals surface area contributed by atoms with E-state index < -0.39 is 0 Å². The number of rotatable bonds is 3. The maximum atomic E-state index is 12.7. The largest absolute Gasteiger partial charge is 0.396 e. The molecule has 2 aliphatic rings. The molecule has 2 rings (SSSR count). The molecule has 0 saturated carbocycles. The highest BCUT2D eigenvalue weighted by atomic mass is 16.3. The summed E-state index contributed by atoms with van der Waals surface area (Å²) in [6, 6.07) is 0. The normalized spacial score (nSPS) is 25.1. The second-order valence-corrected chi connectivity index (χ2v) is 5.80. The second kappa shape index (κ2) is 6.02. The number of carbonyl (C=O) groups excluding carboxylic acids is 1. The van der Waals surface area contributed by atoms with E-state index in [9.17, 15) is 4.79 Å². The number of aliphatic hydroxyl groups excluding tert-OH is 1. The summed E-state index contributed by atoms with van der Waals surface area (Å²) in [7, 11) is 0. The number of piperidine rings is 2. The zero-order valence-corrected chi connectivity index (χ0v) is 11.5. The van der Waals surface area contributed by atoms with E-state index >= 15 is 0 Å². The quantitative estimate of drug-likeness (QED) is 0.790. The Morgan fingerprint density at radius 2 is 1.94 bits per heavy atom. The van der Waals surface area contributed by atoms with E-state index in [0.29, 0.717) is 11.8 Å². The van der Waals surface area contributed by atoms with Crippen LogP contribution in [0.15, 0.2) is 0 Å². The third-order valence-corrected chi connectivity index (χ3v) is 4.85. The number of hydrogen-bond donors (Lipinski definition) is 2. The first-order chi connectivity index (χ1) is 8.72. The number of likely N-dealkylation sites (tertiary alicyclic amines) is 1.